The van der Waals surface area contributed by atoms with Crippen LogP contribution in [0.25, 0.3) is 20.8 Å². The van der Waals surface area contributed by atoms with Crippen molar-refractivity contribution < 1.29 is 9.53 Å². The number of benzene rings is 3. The molecule has 3 aromatic carbocycles. The molecule has 2 aromatic heterocycles. The number of pyridine rings is 1. The molecule has 5 aromatic rings. The molecule has 0 radical (unpaired) electrons. The molecule has 0 unspecified atom stereocenters. The number of thiazole rings is 1. The second-order valence-electron chi connectivity index (χ2n) is 6.89. The summed E-state index contributed by atoms with van der Waals surface area (Å²) in [5, 5.41) is 1.05. The Morgan fingerprint density at radius 3 is 2.38 bits per heavy atom. The van der Waals surface area contributed by atoms with Gasteiger partial charge in [0.05, 0.1) is 10.2 Å². The van der Waals surface area contributed by atoms with E-state index in [9.17, 15) is 4.79 Å². The van der Waals surface area contributed by atoms with E-state index in [0.717, 1.165) is 20.8 Å². The molecule has 32 heavy (non-hydrogen) atoms. The van der Waals surface area contributed by atoms with Gasteiger partial charge in [-0.05, 0) is 29.8 Å². The maximum atomic E-state index is 11.0. The number of aromatic nitrogens is 2. The Hall–Kier alpha value is -4.03. The molecule has 1 amide bonds. The topological polar surface area (TPSA) is 78.1 Å². The lowest BCUT2D eigenvalue weighted by Crippen LogP contribution is -2.10. The number of fused-ring (bicyclic) bond motifs is 1. The summed E-state index contributed by atoms with van der Waals surface area (Å²) in [6.45, 7) is 0.475. The van der Waals surface area contributed by atoms with E-state index in [4.69, 9.17) is 10.5 Å². The summed E-state index contributed by atoms with van der Waals surface area (Å²) < 4.78 is 6.71. The predicted molar refractivity (Wildman–Crippen MR) is 129 cm³/mol. The van der Waals surface area contributed by atoms with Crippen molar-refractivity contribution in [3.05, 3.63) is 115 Å². The standard InChI is InChI=1S/C14H13NO2.C12H8N2S/c15-14(16)12-7-4-8-13(9-12)17-10-11-5-2-1-3-6-11;1-2-4-9(5-3-1)12-14-10-6-7-13-8-11(10)15-12/h1-9H,10H2,(H2,15,16);1-8H. The third kappa shape index (κ3) is 5.56. The first-order chi connectivity index (χ1) is 15.7. The number of amides is 1. The van der Waals surface area contributed by atoms with Crippen LogP contribution in [0.3, 0.4) is 0 Å². The van der Waals surface area contributed by atoms with Crippen LogP contribution in [0.2, 0.25) is 0 Å². The average molecular weight is 440 g/mol. The molecule has 0 spiro atoms. The van der Waals surface area contributed by atoms with Crippen LogP contribution < -0.4 is 10.5 Å². The minimum Gasteiger partial charge on any atom is -0.489 e. The van der Waals surface area contributed by atoms with Gasteiger partial charge in [-0.15, -0.1) is 11.3 Å². The first-order valence-electron chi connectivity index (χ1n) is 10.0. The van der Waals surface area contributed by atoms with E-state index in [1.807, 2.05) is 60.8 Å². The minimum atomic E-state index is -0.449. The maximum absolute atomic E-state index is 11.0. The van der Waals surface area contributed by atoms with Gasteiger partial charge >= 0.3 is 0 Å². The monoisotopic (exact) mass is 439 g/mol. The largest absolute Gasteiger partial charge is 0.489 e. The number of carbonyl (C=O) groups excluding carboxylic acids is 1. The van der Waals surface area contributed by atoms with Gasteiger partial charge in [0.25, 0.3) is 0 Å². The van der Waals surface area contributed by atoms with E-state index >= 15 is 0 Å². The summed E-state index contributed by atoms with van der Waals surface area (Å²) in [7, 11) is 0. The average Bonchev–Trinajstić information content (AvgIpc) is 3.29. The second-order valence-corrected chi connectivity index (χ2v) is 7.93. The van der Waals surface area contributed by atoms with Crippen molar-refractivity contribution in [3.63, 3.8) is 0 Å². The van der Waals surface area contributed by atoms with Crippen molar-refractivity contribution in [2.45, 2.75) is 6.61 Å². The predicted octanol–water partition coefficient (Wildman–Crippen LogP) is 5.72. The molecular weight excluding hydrogens is 418 g/mol. The van der Waals surface area contributed by atoms with Crippen LogP contribution in [0.15, 0.2) is 103 Å². The fourth-order valence-corrected chi connectivity index (χ4v) is 3.90. The Balaban J connectivity index is 0.000000154. The van der Waals surface area contributed by atoms with E-state index in [0.29, 0.717) is 17.9 Å². The SMILES string of the molecule is NC(=O)c1cccc(OCc2ccccc2)c1.c1ccc(-c2nc3ccncc3s2)cc1. The molecule has 2 heterocycles. The Morgan fingerprint density at radius 2 is 1.66 bits per heavy atom. The lowest BCUT2D eigenvalue weighted by atomic mass is 10.2. The van der Waals surface area contributed by atoms with Gasteiger partial charge in [-0.1, -0.05) is 66.7 Å². The van der Waals surface area contributed by atoms with Gasteiger partial charge in [-0.2, -0.15) is 0 Å². The third-order valence-electron chi connectivity index (χ3n) is 4.58. The Labute approximate surface area is 190 Å². The highest BCUT2D eigenvalue weighted by atomic mass is 32.1. The second kappa shape index (κ2) is 10.3. The number of rotatable bonds is 5. The highest BCUT2D eigenvalue weighted by molar-refractivity contribution is 7.21. The zero-order valence-electron chi connectivity index (χ0n) is 17.2. The van der Waals surface area contributed by atoms with E-state index in [1.165, 1.54) is 5.56 Å². The molecule has 2 N–H and O–H groups in total. The van der Waals surface area contributed by atoms with Crippen LogP contribution in [0, 0.1) is 0 Å². The zero-order valence-corrected chi connectivity index (χ0v) is 18.0. The number of ether oxygens (including phenoxy) is 1. The fraction of sp³-hybridized carbons (Fsp3) is 0.0385. The van der Waals surface area contributed by atoms with Gasteiger partial charge < -0.3 is 10.5 Å². The third-order valence-corrected chi connectivity index (χ3v) is 5.63. The van der Waals surface area contributed by atoms with E-state index in [1.54, 1.807) is 41.8 Å². The van der Waals surface area contributed by atoms with Crippen molar-refractivity contribution in [1.29, 1.82) is 0 Å². The van der Waals surface area contributed by atoms with Crippen molar-refractivity contribution in [2.24, 2.45) is 5.73 Å². The lowest BCUT2D eigenvalue weighted by Gasteiger charge is -2.06. The summed E-state index contributed by atoms with van der Waals surface area (Å²) in [6.07, 6.45) is 3.64. The van der Waals surface area contributed by atoms with Crippen LogP contribution in [-0.4, -0.2) is 15.9 Å². The number of nitrogens with zero attached hydrogens (tertiary/aromatic N) is 2. The summed E-state index contributed by atoms with van der Waals surface area (Å²) in [4.78, 5) is 19.6. The molecular formula is C26H21N3O2S. The smallest absolute Gasteiger partial charge is 0.248 e. The van der Waals surface area contributed by atoms with Crippen molar-refractivity contribution in [1.82, 2.24) is 9.97 Å². The number of hydrogen-bond acceptors (Lipinski definition) is 5. The molecule has 0 aliphatic heterocycles. The Kier molecular flexibility index (Phi) is 6.84. The molecule has 0 aliphatic carbocycles. The highest BCUT2D eigenvalue weighted by Crippen LogP contribution is 2.28. The van der Waals surface area contributed by atoms with Gasteiger partial charge in [-0.25, -0.2) is 4.98 Å². The summed E-state index contributed by atoms with van der Waals surface area (Å²) in [5.74, 6) is 0.195. The first kappa shape index (κ1) is 21.2. The van der Waals surface area contributed by atoms with Crippen LogP contribution in [0.4, 0.5) is 0 Å². The highest BCUT2D eigenvalue weighted by Gasteiger charge is 2.04. The molecule has 5 rings (SSSR count). The van der Waals surface area contributed by atoms with Gasteiger partial charge in [-0.3, -0.25) is 9.78 Å². The zero-order chi connectivity index (χ0) is 22.2. The molecule has 0 bridgehead atoms. The van der Waals surface area contributed by atoms with E-state index < -0.39 is 5.91 Å². The van der Waals surface area contributed by atoms with Crippen LogP contribution in [0.1, 0.15) is 15.9 Å². The molecule has 6 heteroatoms. The van der Waals surface area contributed by atoms with Crippen LogP contribution in [0.5, 0.6) is 5.75 Å². The van der Waals surface area contributed by atoms with Gasteiger partial charge in [0, 0.05) is 23.5 Å². The number of hydrogen-bond donors (Lipinski definition) is 1. The van der Waals surface area contributed by atoms with Crippen LogP contribution >= 0.6 is 11.3 Å². The molecule has 0 atom stereocenters. The summed E-state index contributed by atoms with van der Waals surface area (Å²) in [5.41, 5.74) is 8.92. The summed E-state index contributed by atoms with van der Waals surface area (Å²) in [6, 6.07) is 28.9. The van der Waals surface area contributed by atoms with Gasteiger partial charge in [0.2, 0.25) is 5.91 Å². The number of carbonyl (C=O) groups is 1. The van der Waals surface area contributed by atoms with E-state index in [-0.39, 0.29) is 0 Å². The van der Waals surface area contributed by atoms with Gasteiger partial charge in [0.1, 0.15) is 17.4 Å². The van der Waals surface area contributed by atoms with Crippen LogP contribution in [-0.2, 0) is 6.61 Å². The molecule has 0 aliphatic rings. The normalized spacial score (nSPS) is 10.2. The molecule has 0 fully saturated rings. The fourth-order valence-electron chi connectivity index (χ4n) is 2.96. The minimum absolute atomic E-state index is 0.449. The molecule has 158 valence electrons. The molecule has 5 nitrogen and oxygen atoms in total. The van der Waals surface area contributed by atoms with E-state index in [2.05, 4.69) is 22.1 Å². The Morgan fingerprint density at radius 1 is 0.906 bits per heavy atom. The first-order valence-corrected chi connectivity index (χ1v) is 10.8. The number of nitrogens with two attached hydrogens (primary N) is 1. The maximum Gasteiger partial charge on any atom is 0.248 e. The lowest BCUT2D eigenvalue weighted by molar-refractivity contribution is 0.1000. The van der Waals surface area contributed by atoms with Crippen molar-refractivity contribution >= 4 is 27.5 Å². The quantitative estimate of drug-likeness (QED) is 0.380. The Bertz CT molecular complexity index is 1270. The summed E-state index contributed by atoms with van der Waals surface area (Å²) >= 11 is 1.68. The van der Waals surface area contributed by atoms with Crippen molar-refractivity contribution in [2.75, 3.05) is 0 Å². The molecule has 0 saturated heterocycles. The molecule has 0 saturated carbocycles. The number of primary amides is 1. The van der Waals surface area contributed by atoms with Crippen molar-refractivity contribution in [3.8, 4) is 16.3 Å². The van der Waals surface area contributed by atoms with Gasteiger partial charge in [0.15, 0.2) is 0 Å².